The van der Waals surface area contributed by atoms with Crippen LogP contribution in [0.5, 0.6) is 0 Å². The maximum absolute atomic E-state index is 2.51. The molecule has 1 fully saturated rings. The first-order valence-electron chi connectivity index (χ1n) is 24.9. The first kappa shape index (κ1) is 41.7. The molecule has 13 rings (SSSR count). The SMILES string of the molecule is c1ccc(-c2ccccc2-c2ccccc2-c2ccccc2N(c2ccc(-c3ccc(-c4ccc5ccccc5c4)cc3)cc2)c2ccc(-c3ccc4c(c3)C3(CCCC3)c3ccccc3-4)cc2)cc1. The van der Waals surface area contributed by atoms with Gasteiger partial charge in [-0.3, -0.25) is 0 Å². The molecule has 2 aliphatic rings. The average Bonchev–Trinajstić information content (AvgIpc) is 4.05. The van der Waals surface area contributed by atoms with Crippen LogP contribution in [0.25, 0.3) is 88.7 Å². The molecule has 70 heavy (non-hydrogen) atoms. The van der Waals surface area contributed by atoms with Gasteiger partial charge in [-0.2, -0.15) is 0 Å². The van der Waals surface area contributed by atoms with Crippen LogP contribution in [-0.4, -0.2) is 0 Å². The summed E-state index contributed by atoms with van der Waals surface area (Å²) in [6.45, 7) is 0. The maximum atomic E-state index is 2.51. The lowest BCUT2D eigenvalue weighted by Crippen LogP contribution is -2.20. The Bertz CT molecular complexity index is 3690. The Kier molecular flexibility index (Phi) is 10.4. The van der Waals surface area contributed by atoms with Crippen molar-refractivity contribution >= 4 is 27.8 Å². The predicted octanol–water partition coefficient (Wildman–Crippen LogP) is 19.2. The molecule has 1 nitrogen and oxygen atoms in total. The Morgan fingerprint density at radius 2 is 0.686 bits per heavy atom. The van der Waals surface area contributed by atoms with E-state index in [2.05, 4.69) is 266 Å². The zero-order valence-electron chi connectivity index (χ0n) is 39.1. The van der Waals surface area contributed by atoms with Gasteiger partial charge in [0.25, 0.3) is 0 Å². The molecule has 332 valence electrons. The summed E-state index contributed by atoms with van der Waals surface area (Å²) in [7, 11) is 0. The van der Waals surface area contributed by atoms with Crippen LogP contribution in [0.2, 0.25) is 0 Å². The molecule has 1 heteroatoms. The van der Waals surface area contributed by atoms with E-state index in [1.807, 2.05) is 0 Å². The number of hydrogen-bond donors (Lipinski definition) is 0. The molecule has 0 bridgehead atoms. The zero-order valence-corrected chi connectivity index (χ0v) is 39.1. The fourth-order valence-electron chi connectivity index (χ4n) is 11.8. The van der Waals surface area contributed by atoms with Crippen molar-refractivity contribution in [2.24, 2.45) is 0 Å². The van der Waals surface area contributed by atoms with Crippen molar-refractivity contribution < 1.29 is 0 Å². The molecule has 0 atom stereocenters. The van der Waals surface area contributed by atoms with Crippen LogP contribution < -0.4 is 4.90 Å². The molecule has 1 spiro atoms. The molecule has 0 unspecified atom stereocenters. The molecule has 0 aliphatic heterocycles. The van der Waals surface area contributed by atoms with E-state index in [9.17, 15) is 0 Å². The Balaban J connectivity index is 0.900. The van der Waals surface area contributed by atoms with E-state index >= 15 is 0 Å². The fraction of sp³-hybridized carbons (Fsp3) is 0.0725. The second kappa shape index (κ2) is 17.5. The molecular formula is C69H51N. The molecule has 11 aromatic rings. The van der Waals surface area contributed by atoms with E-state index in [1.54, 1.807) is 0 Å². The van der Waals surface area contributed by atoms with E-state index in [0.717, 1.165) is 17.1 Å². The van der Waals surface area contributed by atoms with E-state index in [0.29, 0.717) is 0 Å². The molecule has 1 saturated carbocycles. The Hall–Kier alpha value is -8.52. The quantitative estimate of drug-likeness (QED) is 0.140. The highest BCUT2D eigenvalue weighted by atomic mass is 15.1. The maximum Gasteiger partial charge on any atom is 0.0540 e. The van der Waals surface area contributed by atoms with Crippen LogP contribution in [0.3, 0.4) is 0 Å². The Morgan fingerprint density at radius 3 is 1.34 bits per heavy atom. The third kappa shape index (κ3) is 7.25. The van der Waals surface area contributed by atoms with Gasteiger partial charge in [0.05, 0.1) is 5.69 Å². The van der Waals surface area contributed by atoms with Crippen LogP contribution in [0, 0.1) is 0 Å². The lowest BCUT2D eigenvalue weighted by Gasteiger charge is -2.29. The highest BCUT2D eigenvalue weighted by molar-refractivity contribution is 5.97. The van der Waals surface area contributed by atoms with Crippen molar-refractivity contribution in [1.29, 1.82) is 0 Å². The number of fused-ring (bicyclic) bond motifs is 6. The van der Waals surface area contributed by atoms with Crippen molar-refractivity contribution in [3.8, 4) is 77.9 Å². The van der Waals surface area contributed by atoms with Crippen LogP contribution in [-0.2, 0) is 5.41 Å². The minimum Gasteiger partial charge on any atom is -0.310 e. The topological polar surface area (TPSA) is 3.24 Å². The summed E-state index contributed by atoms with van der Waals surface area (Å²) < 4.78 is 0. The molecule has 0 N–H and O–H groups in total. The number of para-hydroxylation sites is 1. The third-order valence-electron chi connectivity index (χ3n) is 15.3. The van der Waals surface area contributed by atoms with E-state index in [-0.39, 0.29) is 5.41 Å². The minimum atomic E-state index is 0.131. The van der Waals surface area contributed by atoms with Crippen LogP contribution in [0.1, 0.15) is 36.8 Å². The minimum absolute atomic E-state index is 0.131. The second-order valence-corrected chi connectivity index (χ2v) is 19.1. The van der Waals surface area contributed by atoms with Gasteiger partial charge in [-0.15, -0.1) is 0 Å². The number of hydrogen-bond acceptors (Lipinski definition) is 1. The van der Waals surface area contributed by atoms with Crippen molar-refractivity contribution in [3.05, 3.63) is 272 Å². The van der Waals surface area contributed by atoms with Gasteiger partial charge in [-0.25, -0.2) is 0 Å². The zero-order chi connectivity index (χ0) is 46.4. The first-order valence-corrected chi connectivity index (χ1v) is 24.9. The monoisotopic (exact) mass is 893 g/mol. The molecule has 0 amide bonds. The summed E-state index contributed by atoms with van der Waals surface area (Å²) in [5, 5.41) is 2.52. The van der Waals surface area contributed by atoms with Crippen LogP contribution in [0.15, 0.2) is 261 Å². The summed E-state index contributed by atoms with van der Waals surface area (Å²) >= 11 is 0. The standard InChI is InChI=1S/C69H51N/c1-2-17-53(18-3-1)59-20-6-7-21-60(59)61-22-8-9-23-62(61)65-25-11-13-27-68(65)70(57-39-34-50(35-40-57)49-28-30-51(31-29-49)55-33-32-48-16-4-5-19-54(48)46-55)58-41-36-52(37-42-58)56-38-43-64-63-24-10-12-26-66(63)69(67(64)47-56)44-14-15-45-69/h1-13,16-43,46-47H,14-15,44-45H2. The summed E-state index contributed by atoms with van der Waals surface area (Å²) in [5.41, 5.74) is 23.8. The molecule has 0 aromatic heterocycles. The Labute approximate surface area is 411 Å². The highest BCUT2D eigenvalue weighted by Crippen LogP contribution is 2.57. The van der Waals surface area contributed by atoms with Gasteiger partial charge < -0.3 is 4.90 Å². The number of rotatable bonds is 9. The first-order chi connectivity index (χ1) is 34.7. The van der Waals surface area contributed by atoms with Gasteiger partial charge >= 0.3 is 0 Å². The molecule has 2 aliphatic carbocycles. The average molecular weight is 894 g/mol. The van der Waals surface area contributed by atoms with Crippen molar-refractivity contribution in [2.45, 2.75) is 31.1 Å². The molecule has 11 aromatic carbocycles. The lowest BCUT2D eigenvalue weighted by atomic mass is 9.76. The van der Waals surface area contributed by atoms with Gasteiger partial charge in [0.15, 0.2) is 0 Å². The summed E-state index contributed by atoms with van der Waals surface area (Å²) in [6.07, 6.45) is 5.02. The predicted molar refractivity (Wildman–Crippen MR) is 296 cm³/mol. The number of nitrogens with zero attached hydrogens (tertiary/aromatic N) is 1. The Morgan fingerprint density at radius 1 is 0.257 bits per heavy atom. The smallest absolute Gasteiger partial charge is 0.0540 e. The largest absolute Gasteiger partial charge is 0.310 e. The van der Waals surface area contributed by atoms with Crippen molar-refractivity contribution in [3.63, 3.8) is 0 Å². The van der Waals surface area contributed by atoms with Gasteiger partial charge in [0, 0.05) is 22.4 Å². The van der Waals surface area contributed by atoms with Gasteiger partial charge in [0.1, 0.15) is 0 Å². The van der Waals surface area contributed by atoms with Crippen molar-refractivity contribution in [2.75, 3.05) is 4.90 Å². The third-order valence-corrected chi connectivity index (χ3v) is 15.3. The van der Waals surface area contributed by atoms with E-state index in [1.165, 1.54) is 125 Å². The fourth-order valence-corrected chi connectivity index (χ4v) is 11.8. The molecule has 0 radical (unpaired) electrons. The van der Waals surface area contributed by atoms with E-state index in [4.69, 9.17) is 0 Å². The van der Waals surface area contributed by atoms with Gasteiger partial charge in [-0.1, -0.05) is 231 Å². The number of benzene rings is 11. The van der Waals surface area contributed by atoms with Crippen molar-refractivity contribution in [1.82, 2.24) is 0 Å². The molecule has 0 heterocycles. The van der Waals surface area contributed by atoms with Gasteiger partial charge in [0.2, 0.25) is 0 Å². The summed E-state index contributed by atoms with van der Waals surface area (Å²) in [5.74, 6) is 0. The molecular weight excluding hydrogens is 843 g/mol. The van der Waals surface area contributed by atoms with Crippen LogP contribution >= 0.6 is 0 Å². The summed E-state index contributed by atoms with van der Waals surface area (Å²) in [4.78, 5) is 2.44. The summed E-state index contributed by atoms with van der Waals surface area (Å²) in [6, 6.07) is 96.4. The number of anilines is 3. The highest BCUT2D eigenvalue weighted by Gasteiger charge is 2.44. The van der Waals surface area contributed by atoms with Crippen LogP contribution in [0.4, 0.5) is 17.1 Å². The van der Waals surface area contributed by atoms with Gasteiger partial charge in [-0.05, 0) is 150 Å². The van der Waals surface area contributed by atoms with E-state index < -0.39 is 0 Å². The normalized spacial score (nSPS) is 13.3. The molecule has 0 saturated heterocycles. The lowest BCUT2D eigenvalue weighted by molar-refractivity contribution is 0.550. The second-order valence-electron chi connectivity index (χ2n) is 19.1.